The largest absolute Gasteiger partial charge is 0.479 e. The van der Waals surface area contributed by atoms with E-state index in [0.29, 0.717) is 0 Å². The Balaban J connectivity index is 3.06. The van der Waals surface area contributed by atoms with E-state index in [2.05, 4.69) is 9.97 Å². The van der Waals surface area contributed by atoms with E-state index in [1.165, 1.54) is 18.5 Å². The second-order valence-electron chi connectivity index (χ2n) is 1.95. The van der Waals surface area contributed by atoms with Gasteiger partial charge in [-0.3, -0.25) is 0 Å². The van der Waals surface area contributed by atoms with Gasteiger partial charge < -0.3 is 5.11 Å². The first kappa shape index (κ1) is 9.22. The quantitative estimate of drug-likeness (QED) is 0.739. The van der Waals surface area contributed by atoms with Crippen molar-refractivity contribution in [2.45, 2.75) is 4.33 Å². The number of aromatic nitrogens is 2. The van der Waals surface area contributed by atoms with Crippen LogP contribution in [0.3, 0.4) is 0 Å². The number of halogens is 2. The fourth-order valence-corrected chi connectivity index (χ4v) is 0.752. The third kappa shape index (κ3) is 1.65. The molecule has 1 aromatic heterocycles. The summed E-state index contributed by atoms with van der Waals surface area (Å²) in [4.78, 5) is 17.7. The Morgan fingerprint density at radius 2 is 1.92 bits per heavy atom. The Bertz CT molecular complexity index is 289. The van der Waals surface area contributed by atoms with Crippen LogP contribution in [-0.4, -0.2) is 21.0 Å². The molecule has 0 spiro atoms. The molecule has 0 saturated heterocycles. The average molecular weight is 207 g/mol. The highest BCUT2D eigenvalue weighted by atomic mass is 35.5. The molecule has 1 N–H and O–H groups in total. The summed E-state index contributed by atoms with van der Waals surface area (Å²) >= 11 is 10.9. The van der Waals surface area contributed by atoms with Crippen LogP contribution < -0.4 is 0 Å². The minimum atomic E-state index is -2.07. The van der Waals surface area contributed by atoms with Gasteiger partial charge in [0.1, 0.15) is 0 Å². The number of hydrogen-bond acceptors (Lipinski definition) is 3. The third-order valence-corrected chi connectivity index (χ3v) is 1.78. The molecule has 0 aromatic carbocycles. The summed E-state index contributed by atoms with van der Waals surface area (Å²) in [5.41, 5.74) is 0. The van der Waals surface area contributed by atoms with Crippen LogP contribution in [-0.2, 0) is 9.13 Å². The van der Waals surface area contributed by atoms with Crippen LogP contribution in [0.25, 0.3) is 0 Å². The van der Waals surface area contributed by atoms with Crippen molar-refractivity contribution in [2.75, 3.05) is 0 Å². The molecule has 0 radical (unpaired) electrons. The van der Waals surface area contributed by atoms with Gasteiger partial charge in [-0.15, -0.1) is 0 Å². The molecular formula is C6H4Cl2N2O2. The zero-order valence-electron chi connectivity index (χ0n) is 5.74. The lowest BCUT2D eigenvalue weighted by Gasteiger charge is -2.10. The monoisotopic (exact) mass is 206 g/mol. The van der Waals surface area contributed by atoms with Crippen LogP contribution in [0.15, 0.2) is 18.5 Å². The molecule has 0 unspecified atom stereocenters. The number of alkyl halides is 2. The summed E-state index contributed by atoms with van der Waals surface area (Å²) in [7, 11) is 0. The molecule has 0 bridgehead atoms. The smallest absolute Gasteiger partial charge is 0.348 e. The first-order chi connectivity index (χ1) is 5.55. The Morgan fingerprint density at radius 3 is 2.33 bits per heavy atom. The van der Waals surface area contributed by atoms with E-state index in [4.69, 9.17) is 28.3 Å². The van der Waals surface area contributed by atoms with Crippen LogP contribution in [0.2, 0.25) is 0 Å². The summed E-state index contributed by atoms with van der Waals surface area (Å²) in [5.74, 6) is -1.53. The van der Waals surface area contributed by atoms with E-state index in [1.54, 1.807) is 0 Å². The highest BCUT2D eigenvalue weighted by Crippen LogP contribution is 2.30. The van der Waals surface area contributed by atoms with Crippen molar-refractivity contribution in [1.82, 2.24) is 9.97 Å². The Morgan fingerprint density at radius 1 is 1.42 bits per heavy atom. The molecule has 1 aromatic rings. The molecule has 4 nitrogen and oxygen atoms in total. The molecule has 0 amide bonds. The minimum Gasteiger partial charge on any atom is -0.479 e. The average Bonchev–Trinajstić information content (AvgIpc) is 2.06. The summed E-state index contributed by atoms with van der Waals surface area (Å²) in [6.07, 6.45) is 2.73. The number of aliphatic carboxylic acids is 1. The van der Waals surface area contributed by atoms with Crippen LogP contribution in [0.1, 0.15) is 5.82 Å². The van der Waals surface area contributed by atoms with Crippen molar-refractivity contribution >= 4 is 29.2 Å². The van der Waals surface area contributed by atoms with Gasteiger partial charge in [-0.25, -0.2) is 14.8 Å². The van der Waals surface area contributed by atoms with Gasteiger partial charge in [0, 0.05) is 12.4 Å². The predicted octanol–water partition coefficient (Wildman–Crippen LogP) is 1.19. The van der Waals surface area contributed by atoms with Crippen LogP contribution in [0.4, 0.5) is 0 Å². The molecule has 0 aliphatic rings. The van der Waals surface area contributed by atoms with Gasteiger partial charge in [0.05, 0.1) is 0 Å². The Hall–Kier alpha value is -0.870. The number of carbonyl (C=O) groups is 1. The number of carboxylic acids is 1. The molecule has 12 heavy (non-hydrogen) atoms. The molecular weight excluding hydrogens is 203 g/mol. The summed E-state index contributed by atoms with van der Waals surface area (Å²) in [6, 6.07) is 1.54. The fraction of sp³-hybridized carbons (Fsp3) is 0.167. The van der Waals surface area contributed by atoms with E-state index < -0.39 is 10.3 Å². The zero-order chi connectivity index (χ0) is 9.19. The third-order valence-electron chi connectivity index (χ3n) is 1.12. The molecule has 64 valence electrons. The lowest BCUT2D eigenvalue weighted by Crippen LogP contribution is -2.25. The van der Waals surface area contributed by atoms with E-state index in [-0.39, 0.29) is 5.82 Å². The molecule has 0 atom stereocenters. The van der Waals surface area contributed by atoms with E-state index in [9.17, 15) is 4.79 Å². The maximum Gasteiger partial charge on any atom is 0.348 e. The molecule has 0 aliphatic heterocycles. The van der Waals surface area contributed by atoms with Crippen molar-refractivity contribution in [3.05, 3.63) is 24.3 Å². The van der Waals surface area contributed by atoms with Gasteiger partial charge in [-0.05, 0) is 6.07 Å². The molecule has 0 aliphatic carbocycles. The number of hydrogen-bond donors (Lipinski definition) is 1. The van der Waals surface area contributed by atoms with Crippen molar-refractivity contribution in [3.8, 4) is 0 Å². The SMILES string of the molecule is O=C(O)C(Cl)(Cl)c1ncccn1. The zero-order valence-corrected chi connectivity index (χ0v) is 7.25. The normalized spacial score (nSPS) is 11.2. The summed E-state index contributed by atoms with van der Waals surface area (Å²) in [5, 5.41) is 8.55. The number of carboxylic acid groups (broad SMARTS) is 1. The molecule has 1 heterocycles. The van der Waals surface area contributed by atoms with Crippen molar-refractivity contribution in [2.24, 2.45) is 0 Å². The van der Waals surface area contributed by atoms with Gasteiger partial charge >= 0.3 is 5.97 Å². The second kappa shape index (κ2) is 3.25. The van der Waals surface area contributed by atoms with E-state index in [0.717, 1.165) is 0 Å². The highest BCUT2D eigenvalue weighted by molar-refractivity contribution is 6.56. The predicted molar refractivity (Wildman–Crippen MR) is 43.1 cm³/mol. The first-order valence-corrected chi connectivity index (χ1v) is 3.69. The molecule has 1 rings (SSSR count). The molecule has 6 heteroatoms. The first-order valence-electron chi connectivity index (χ1n) is 2.94. The van der Waals surface area contributed by atoms with E-state index >= 15 is 0 Å². The number of nitrogens with zero attached hydrogens (tertiary/aromatic N) is 2. The Kier molecular flexibility index (Phi) is 2.49. The van der Waals surface area contributed by atoms with Crippen molar-refractivity contribution < 1.29 is 9.90 Å². The Labute approximate surface area is 78.2 Å². The molecule has 0 saturated carbocycles. The maximum absolute atomic E-state index is 10.5. The van der Waals surface area contributed by atoms with Crippen LogP contribution >= 0.6 is 23.2 Å². The maximum atomic E-state index is 10.5. The van der Waals surface area contributed by atoms with Crippen LogP contribution in [0.5, 0.6) is 0 Å². The van der Waals surface area contributed by atoms with Crippen molar-refractivity contribution in [3.63, 3.8) is 0 Å². The van der Waals surface area contributed by atoms with Gasteiger partial charge in [-0.2, -0.15) is 0 Å². The lowest BCUT2D eigenvalue weighted by atomic mass is 10.4. The fourth-order valence-electron chi connectivity index (χ4n) is 0.557. The molecule has 0 fully saturated rings. The summed E-state index contributed by atoms with van der Waals surface area (Å²) in [6.45, 7) is 0. The van der Waals surface area contributed by atoms with Gasteiger partial charge in [0.15, 0.2) is 5.82 Å². The summed E-state index contributed by atoms with van der Waals surface area (Å²) < 4.78 is -2.07. The number of rotatable bonds is 2. The minimum absolute atomic E-state index is 0.138. The van der Waals surface area contributed by atoms with E-state index in [1.807, 2.05) is 0 Å². The lowest BCUT2D eigenvalue weighted by molar-refractivity contribution is -0.138. The van der Waals surface area contributed by atoms with Gasteiger partial charge in [0.2, 0.25) is 0 Å². The van der Waals surface area contributed by atoms with Crippen LogP contribution in [0, 0.1) is 0 Å². The highest BCUT2D eigenvalue weighted by Gasteiger charge is 2.38. The topological polar surface area (TPSA) is 63.1 Å². The van der Waals surface area contributed by atoms with Crippen molar-refractivity contribution in [1.29, 1.82) is 0 Å². The van der Waals surface area contributed by atoms with Gasteiger partial charge in [-0.1, -0.05) is 23.2 Å². The van der Waals surface area contributed by atoms with Gasteiger partial charge in [0.25, 0.3) is 4.33 Å². The second-order valence-corrected chi connectivity index (χ2v) is 3.28. The standard InChI is InChI=1S/C6H4Cl2N2O2/c7-6(8,5(11)12)4-9-2-1-3-10-4/h1-3H,(H,11,12).